The van der Waals surface area contributed by atoms with E-state index in [2.05, 4.69) is 0 Å². The van der Waals surface area contributed by atoms with Gasteiger partial charge in [0.1, 0.15) is 6.10 Å². The fourth-order valence-corrected chi connectivity index (χ4v) is 2.00. The average Bonchev–Trinajstić information content (AvgIpc) is 2.39. The third-order valence-electron chi connectivity index (χ3n) is 2.67. The third-order valence-corrected chi connectivity index (χ3v) is 3.06. The molecule has 0 saturated heterocycles. The predicted octanol–water partition coefficient (Wildman–Crippen LogP) is 2.40. The molecule has 3 heteroatoms. The van der Waals surface area contributed by atoms with Crippen molar-refractivity contribution in [3.8, 4) is 0 Å². The Kier molecular flexibility index (Phi) is 3.61. The van der Waals surface area contributed by atoms with Gasteiger partial charge in [0.05, 0.1) is 5.92 Å². The molecule has 17 heavy (non-hydrogen) atoms. The van der Waals surface area contributed by atoms with Crippen LogP contribution >= 0.6 is 12.2 Å². The highest BCUT2D eigenvalue weighted by atomic mass is 32.1. The molecule has 1 aromatic carbocycles. The summed E-state index contributed by atoms with van der Waals surface area (Å²) in [6, 6.07) is 8.89. The first-order valence-electron chi connectivity index (χ1n) is 5.35. The van der Waals surface area contributed by atoms with Crippen LogP contribution in [0.15, 0.2) is 54.6 Å². The second kappa shape index (κ2) is 5.17. The second-order valence-electron chi connectivity index (χ2n) is 3.84. The van der Waals surface area contributed by atoms with E-state index in [1.807, 2.05) is 6.07 Å². The highest BCUT2D eigenvalue weighted by molar-refractivity contribution is 7.80. The van der Waals surface area contributed by atoms with Gasteiger partial charge in [-0.05, 0) is 11.6 Å². The van der Waals surface area contributed by atoms with E-state index < -0.39 is 12.0 Å². The maximum absolute atomic E-state index is 12.1. The first kappa shape index (κ1) is 11.9. The maximum atomic E-state index is 12.1. The number of aliphatic hydroxyl groups excluding tert-OH is 1. The Labute approximate surface area is 105 Å². The number of thiocarbonyl (C=S) groups is 1. The number of ketones is 1. The molecular weight excluding hydrogens is 232 g/mol. The van der Waals surface area contributed by atoms with Crippen molar-refractivity contribution in [3.05, 3.63) is 60.2 Å². The zero-order valence-electron chi connectivity index (χ0n) is 9.11. The normalized spacial score (nSPS) is 20.3. The molecule has 2 unspecified atom stereocenters. The van der Waals surface area contributed by atoms with Crippen LogP contribution in [0.5, 0.6) is 0 Å². The van der Waals surface area contributed by atoms with Gasteiger partial charge in [0.2, 0.25) is 0 Å². The van der Waals surface area contributed by atoms with Gasteiger partial charge in [-0.3, -0.25) is 4.79 Å². The fraction of sp³-hybridized carbons (Fsp3) is 0.143. The lowest BCUT2D eigenvalue weighted by Gasteiger charge is -2.17. The molecule has 0 saturated carbocycles. The molecule has 0 heterocycles. The smallest absolute Gasteiger partial charge is 0.177 e. The lowest BCUT2D eigenvalue weighted by atomic mass is 9.90. The van der Waals surface area contributed by atoms with Crippen LogP contribution in [-0.2, 0) is 4.79 Å². The number of carbonyl (C=O) groups excluding carboxylic acids is 1. The van der Waals surface area contributed by atoms with Gasteiger partial charge < -0.3 is 5.11 Å². The number of hydrogen-bond donors (Lipinski definition) is 1. The topological polar surface area (TPSA) is 37.3 Å². The minimum absolute atomic E-state index is 0.276. The van der Waals surface area contributed by atoms with Gasteiger partial charge in [0.25, 0.3) is 0 Å². The highest BCUT2D eigenvalue weighted by Crippen LogP contribution is 2.21. The van der Waals surface area contributed by atoms with E-state index in [-0.39, 0.29) is 5.78 Å². The summed E-state index contributed by atoms with van der Waals surface area (Å²) in [7, 11) is 0. The monoisotopic (exact) mass is 244 g/mol. The zero-order chi connectivity index (χ0) is 12.3. The molecule has 2 nitrogen and oxygen atoms in total. The Hall–Kier alpha value is -1.58. The van der Waals surface area contributed by atoms with Gasteiger partial charge >= 0.3 is 0 Å². The van der Waals surface area contributed by atoms with Crippen LogP contribution in [0.2, 0.25) is 0 Å². The number of aliphatic hydroxyl groups is 1. The Morgan fingerprint density at radius 2 is 1.94 bits per heavy atom. The molecule has 0 aliphatic heterocycles. The maximum Gasteiger partial charge on any atom is 0.177 e. The molecule has 1 aromatic rings. The lowest BCUT2D eigenvalue weighted by molar-refractivity contribution is -0.128. The quantitative estimate of drug-likeness (QED) is 0.830. The van der Waals surface area contributed by atoms with Gasteiger partial charge in [-0.1, -0.05) is 60.8 Å². The molecule has 1 aliphatic carbocycles. The summed E-state index contributed by atoms with van der Waals surface area (Å²) in [5, 5.41) is 9.99. The van der Waals surface area contributed by atoms with E-state index in [1.54, 1.807) is 48.6 Å². The van der Waals surface area contributed by atoms with E-state index in [0.717, 1.165) is 0 Å². The minimum atomic E-state index is -1.12. The van der Waals surface area contributed by atoms with Crippen molar-refractivity contribution in [1.29, 1.82) is 0 Å². The molecule has 1 aliphatic rings. The van der Waals surface area contributed by atoms with Crippen LogP contribution in [0.25, 0.3) is 0 Å². The Morgan fingerprint density at radius 3 is 2.59 bits per heavy atom. The van der Waals surface area contributed by atoms with E-state index in [4.69, 9.17) is 12.2 Å². The van der Waals surface area contributed by atoms with Crippen LogP contribution in [0.4, 0.5) is 0 Å². The van der Waals surface area contributed by atoms with Gasteiger partial charge in [-0.15, -0.1) is 0 Å². The first-order valence-corrected chi connectivity index (χ1v) is 5.76. The van der Waals surface area contributed by atoms with Crippen molar-refractivity contribution in [2.75, 3.05) is 0 Å². The lowest BCUT2D eigenvalue weighted by Crippen LogP contribution is -2.26. The number of hydrogen-bond acceptors (Lipinski definition) is 3. The molecule has 0 fully saturated rings. The minimum Gasteiger partial charge on any atom is -0.381 e. The van der Waals surface area contributed by atoms with Crippen LogP contribution in [0.1, 0.15) is 11.7 Å². The van der Waals surface area contributed by atoms with Crippen LogP contribution in [0.3, 0.4) is 0 Å². The third kappa shape index (κ3) is 2.57. The van der Waals surface area contributed by atoms with E-state index in [1.165, 1.54) is 0 Å². The van der Waals surface area contributed by atoms with Gasteiger partial charge in [-0.25, -0.2) is 0 Å². The molecule has 0 aromatic heterocycles. The van der Waals surface area contributed by atoms with Crippen molar-refractivity contribution in [2.45, 2.75) is 6.10 Å². The van der Waals surface area contributed by atoms with E-state index in [9.17, 15) is 9.90 Å². The molecule has 86 valence electrons. The van der Waals surface area contributed by atoms with Crippen LogP contribution in [-0.4, -0.2) is 15.8 Å². The number of rotatable bonds is 3. The highest BCUT2D eigenvalue weighted by Gasteiger charge is 2.27. The molecule has 0 bridgehead atoms. The largest absolute Gasteiger partial charge is 0.381 e. The first-order chi connectivity index (χ1) is 8.20. The zero-order valence-corrected chi connectivity index (χ0v) is 9.93. The van der Waals surface area contributed by atoms with Crippen molar-refractivity contribution in [3.63, 3.8) is 0 Å². The summed E-state index contributed by atoms with van der Waals surface area (Å²) in [4.78, 5) is 12.6. The average molecular weight is 244 g/mol. The summed E-state index contributed by atoms with van der Waals surface area (Å²) in [5.41, 5.74) is 0.600. The summed E-state index contributed by atoms with van der Waals surface area (Å²) in [5.74, 6) is -0.771. The van der Waals surface area contributed by atoms with Crippen LogP contribution < -0.4 is 0 Å². The molecule has 2 atom stereocenters. The Bertz CT molecular complexity index is 488. The molecule has 1 N–H and O–H groups in total. The predicted molar refractivity (Wildman–Crippen MR) is 70.8 cm³/mol. The molecule has 2 rings (SSSR count). The number of allylic oxidation sites excluding steroid dienone is 4. The number of carbonyl (C=O) groups is 1. The summed E-state index contributed by atoms with van der Waals surface area (Å²) in [6.07, 6.45) is 5.89. The molecule has 0 spiro atoms. The van der Waals surface area contributed by atoms with Crippen molar-refractivity contribution >= 4 is 22.9 Å². The van der Waals surface area contributed by atoms with E-state index >= 15 is 0 Å². The van der Waals surface area contributed by atoms with Gasteiger partial charge in [0.15, 0.2) is 5.78 Å². The van der Waals surface area contributed by atoms with E-state index in [0.29, 0.717) is 10.4 Å². The number of Topliss-reactive ketones (excluding diaryl/α,β-unsaturated/α-hetero) is 1. The summed E-state index contributed by atoms with van der Waals surface area (Å²) < 4.78 is 0. The molecule has 0 radical (unpaired) electrons. The van der Waals surface area contributed by atoms with Crippen LogP contribution in [0, 0.1) is 5.92 Å². The van der Waals surface area contributed by atoms with Gasteiger partial charge in [-0.2, -0.15) is 0 Å². The Morgan fingerprint density at radius 1 is 1.24 bits per heavy atom. The SMILES string of the molecule is O=C(C1C=CC=CC1=S)C(O)c1ccccc1. The van der Waals surface area contributed by atoms with Gasteiger partial charge in [0, 0.05) is 4.86 Å². The standard InChI is InChI=1S/C14H12O2S/c15-13(10-6-2-1-3-7-10)14(16)11-8-4-5-9-12(11)17/h1-9,11,13,15H. The molecular formula is C14H12O2S. The summed E-state index contributed by atoms with van der Waals surface area (Å²) >= 11 is 5.10. The van der Waals surface area contributed by atoms with Crippen molar-refractivity contribution in [2.24, 2.45) is 5.92 Å². The number of benzene rings is 1. The van der Waals surface area contributed by atoms with Crippen molar-refractivity contribution in [1.82, 2.24) is 0 Å². The summed E-state index contributed by atoms with van der Waals surface area (Å²) in [6.45, 7) is 0. The Balaban J connectivity index is 2.18. The van der Waals surface area contributed by atoms with Crippen molar-refractivity contribution < 1.29 is 9.90 Å². The molecule has 0 amide bonds. The fourth-order valence-electron chi connectivity index (χ4n) is 1.73. The second-order valence-corrected chi connectivity index (χ2v) is 4.31.